The summed E-state index contributed by atoms with van der Waals surface area (Å²) in [6, 6.07) is 8.25. The Morgan fingerprint density at radius 1 is 1.36 bits per heavy atom. The van der Waals surface area contributed by atoms with E-state index in [2.05, 4.69) is 11.2 Å². The molecule has 1 aromatic heterocycles. The van der Waals surface area contributed by atoms with Gasteiger partial charge >= 0.3 is 0 Å². The van der Waals surface area contributed by atoms with Gasteiger partial charge < -0.3 is 0 Å². The Kier molecular flexibility index (Phi) is 2.75. The molecule has 4 heteroatoms. The topological polar surface area (TPSA) is 17.8 Å². The third kappa shape index (κ3) is 2.08. The predicted molar refractivity (Wildman–Crippen MR) is 56.6 cm³/mol. The van der Waals surface area contributed by atoms with Crippen molar-refractivity contribution in [2.24, 2.45) is 0 Å². The summed E-state index contributed by atoms with van der Waals surface area (Å²) in [6.45, 7) is 0.614. The highest BCUT2D eigenvalue weighted by molar-refractivity contribution is 6.33. The number of halogens is 2. The van der Waals surface area contributed by atoms with Gasteiger partial charge in [0.1, 0.15) is 0 Å². The molecule has 0 aliphatic carbocycles. The van der Waals surface area contributed by atoms with E-state index in [9.17, 15) is 0 Å². The molecule has 0 saturated carbocycles. The number of hydrogen-bond acceptors (Lipinski definition) is 1. The van der Waals surface area contributed by atoms with Crippen molar-refractivity contribution >= 4 is 23.2 Å². The minimum absolute atomic E-state index is 0.614. The van der Waals surface area contributed by atoms with Gasteiger partial charge in [0.15, 0.2) is 0 Å². The summed E-state index contributed by atoms with van der Waals surface area (Å²) >= 11 is 11.9. The van der Waals surface area contributed by atoms with Crippen LogP contribution in [0.3, 0.4) is 0 Å². The van der Waals surface area contributed by atoms with E-state index in [0.29, 0.717) is 16.6 Å². The monoisotopic (exact) mass is 225 g/mol. The van der Waals surface area contributed by atoms with Gasteiger partial charge in [-0.05, 0) is 23.8 Å². The highest BCUT2D eigenvalue weighted by Crippen LogP contribution is 2.21. The van der Waals surface area contributed by atoms with Crippen molar-refractivity contribution in [2.45, 2.75) is 6.54 Å². The third-order valence-electron chi connectivity index (χ3n) is 1.84. The second-order valence-electron chi connectivity index (χ2n) is 2.87. The first kappa shape index (κ1) is 9.56. The summed E-state index contributed by atoms with van der Waals surface area (Å²) in [5.74, 6) is 0. The maximum absolute atomic E-state index is 6.00. The van der Waals surface area contributed by atoms with E-state index >= 15 is 0 Å². The third-order valence-corrected chi connectivity index (χ3v) is 2.45. The largest absolute Gasteiger partial charge is 0.268 e. The molecule has 0 N–H and O–H groups in total. The standard InChI is InChI=1S/C10H7Cl2N2/c11-9-2-3-10(12)8(6-9)7-14-5-1-4-13-14/h2-6H,7H2. The normalized spacial score (nSPS) is 10.4. The highest BCUT2D eigenvalue weighted by Gasteiger charge is 2.02. The van der Waals surface area contributed by atoms with E-state index in [4.69, 9.17) is 23.2 Å². The van der Waals surface area contributed by atoms with Gasteiger partial charge in [-0.3, -0.25) is 4.68 Å². The van der Waals surface area contributed by atoms with Gasteiger partial charge in [0, 0.05) is 22.3 Å². The Hall–Kier alpha value is -0.990. The van der Waals surface area contributed by atoms with Crippen LogP contribution in [0.2, 0.25) is 10.0 Å². The maximum atomic E-state index is 6.00. The van der Waals surface area contributed by atoms with E-state index < -0.39 is 0 Å². The molecular formula is C10H7Cl2N2. The van der Waals surface area contributed by atoms with Crippen LogP contribution in [0.1, 0.15) is 5.56 Å². The van der Waals surface area contributed by atoms with Crippen LogP contribution in [-0.4, -0.2) is 9.78 Å². The smallest absolute Gasteiger partial charge is 0.0674 e. The summed E-state index contributed by atoms with van der Waals surface area (Å²) < 4.78 is 1.75. The van der Waals surface area contributed by atoms with E-state index in [0.717, 1.165) is 5.56 Å². The van der Waals surface area contributed by atoms with Crippen LogP contribution in [0.25, 0.3) is 0 Å². The number of aromatic nitrogens is 2. The quantitative estimate of drug-likeness (QED) is 0.769. The molecule has 2 rings (SSSR count). The van der Waals surface area contributed by atoms with Crippen LogP contribution in [0, 0.1) is 6.07 Å². The van der Waals surface area contributed by atoms with Crippen LogP contribution in [0.4, 0.5) is 0 Å². The molecule has 0 atom stereocenters. The summed E-state index contributed by atoms with van der Waals surface area (Å²) in [5, 5.41) is 5.42. The second kappa shape index (κ2) is 4.03. The first-order valence-corrected chi connectivity index (χ1v) is 4.84. The average molecular weight is 226 g/mol. The Labute approximate surface area is 92.1 Å². The maximum Gasteiger partial charge on any atom is 0.0674 e. The molecule has 0 saturated heterocycles. The number of benzene rings is 1. The molecule has 1 heterocycles. The highest BCUT2D eigenvalue weighted by atomic mass is 35.5. The Morgan fingerprint density at radius 3 is 2.93 bits per heavy atom. The van der Waals surface area contributed by atoms with Crippen molar-refractivity contribution in [1.29, 1.82) is 0 Å². The summed E-state index contributed by atoms with van der Waals surface area (Å²) in [4.78, 5) is 0. The molecule has 1 radical (unpaired) electrons. The van der Waals surface area contributed by atoms with Crippen LogP contribution in [0.15, 0.2) is 30.6 Å². The molecule has 0 spiro atoms. The van der Waals surface area contributed by atoms with E-state index in [1.807, 2.05) is 6.07 Å². The van der Waals surface area contributed by atoms with Crippen LogP contribution in [-0.2, 0) is 6.54 Å². The number of rotatable bonds is 2. The van der Waals surface area contributed by atoms with Gasteiger partial charge in [-0.15, -0.1) is 0 Å². The van der Waals surface area contributed by atoms with E-state index in [1.54, 1.807) is 29.2 Å². The van der Waals surface area contributed by atoms with Crippen molar-refractivity contribution < 1.29 is 0 Å². The van der Waals surface area contributed by atoms with Gasteiger partial charge in [-0.2, -0.15) is 5.10 Å². The lowest BCUT2D eigenvalue weighted by Crippen LogP contribution is -2.00. The lowest BCUT2D eigenvalue weighted by molar-refractivity contribution is 0.687. The van der Waals surface area contributed by atoms with Gasteiger partial charge in [-0.1, -0.05) is 23.2 Å². The molecule has 0 aliphatic heterocycles. The molecule has 14 heavy (non-hydrogen) atoms. The van der Waals surface area contributed by atoms with Gasteiger partial charge in [-0.25, -0.2) is 0 Å². The lowest BCUT2D eigenvalue weighted by atomic mass is 10.2. The predicted octanol–water partition coefficient (Wildman–Crippen LogP) is 3.04. The lowest BCUT2D eigenvalue weighted by Gasteiger charge is -2.04. The SMILES string of the molecule is Clc1ccc(Cl)c(Cn2c[c]cn2)c1. The van der Waals surface area contributed by atoms with E-state index in [-0.39, 0.29) is 0 Å². The fraction of sp³-hybridized carbons (Fsp3) is 0.100. The number of hydrogen-bond donors (Lipinski definition) is 0. The van der Waals surface area contributed by atoms with Crippen molar-refractivity contribution in [2.75, 3.05) is 0 Å². The molecule has 1 aromatic carbocycles. The first-order chi connectivity index (χ1) is 6.75. The first-order valence-electron chi connectivity index (χ1n) is 4.08. The van der Waals surface area contributed by atoms with Gasteiger partial charge in [0.2, 0.25) is 0 Å². The Bertz CT molecular complexity index is 424. The van der Waals surface area contributed by atoms with Crippen molar-refractivity contribution in [3.8, 4) is 0 Å². The molecule has 0 amide bonds. The molecule has 2 nitrogen and oxygen atoms in total. The second-order valence-corrected chi connectivity index (χ2v) is 3.72. The minimum Gasteiger partial charge on any atom is -0.268 e. The zero-order chi connectivity index (χ0) is 9.97. The summed E-state index contributed by atoms with van der Waals surface area (Å²) in [5.41, 5.74) is 0.955. The molecular weight excluding hydrogens is 219 g/mol. The van der Waals surface area contributed by atoms with Crippen LogP contribution < -0.4 is 0 Å². The number of nitrogens with zero attached hydrogens (tertiary/aromatic N) is 2. The van der Waals surface area contributed by atoms with Crippen molar-refractivity contribution in [1.82, 2.24) is 9.78 Å². The molecule has 0 unspecified atom stereocenters. The molecule has 71 valence electrons. The molecule has 0 fully saturated rings. The fourth-order valence-electron chi connectivity index (χ4n) is 1.19. The summed E-state index contributed by atoms with van der Waals surface area (Å²) in [7, 11) is 0. The van der Waals surface area contributed by atoms with Crippen LogP contribution in [0.5, 0.6) is 0 Å². The Balaban J connectivity index is 2.28. The van der Waals surface area contributed by atoms with Crippen LogP contribution >= 0.6 is 23.2 Å². The zero-order valence-corrected chi connectivity index (χ0v) is 8.76. The minimum atomic E-state index is 0.614. The molecule has 0 bridgehead atoms. The van der Waals surface area contributed by atoms with E-state index in [1.165, 1.54) is 0 Å². The zero-order valence-electron chi connectivity index (χ0n) is 7.24. The average Bonchev–Trinajstić information content (AvgIpc) is 2.64. The molecule has 2 aromatic rings. The summed E-state index contributed by atoms with van der Waals surface area (Å²) in [6.07, 6.45) is 3.37. The van der Waals surface area contributed by atoms with Crippen molar-refractivity contribution in [3.63, 3.8) is 0 Å². The van der Waals surface area contributed by atoms with Crippen molar-refractivity contribution in [3.05, 3.63) is 52.3 Å². The Morgan fingerprint density at radius 2 is 2.21 bits per heavy atom. The van der Waals surface area contributed by atoms with Gasteiger partial charge in [0.05, 0.1) is 12.7 Å². The molecule has 0 aliphatic rings. The fourth-order valence-corrected chi connectivity index (χ4v) is 1.56. The van der Waals surface area contributed by atoms with Gasteiger partial charge in [0.25, 0.3) is 0 Å².